The lowest BCUT2D eigenvalue weighted by Gasteiger charge is -2.30. The Hall–Kier alpha value is -2.12. The van der Waals surface area contributed by atoms with E-state index in [2.05, 4.69) is 31.9 Å². The minimum atomic E-state index is 0.428. The Balaban J connectivity index is 1.57. The molecule has 0 unspecified atom stereocenters. The smallest absolute Gasteiger partial charge is 0.241 e. The van der Waals surface area contributed by atoms with Gasteiger partial charge in [0.05, 0.1) is 23.1 Å². The lowest BCUT2D eigenvalue weighted by atomic mass is 10.1. The Morgan fingerprint density at radius 1 is 1.08 bits per heavy atom. The van der Waals surface area contributed by atoms with E-state index in [1.165, 1.54) is 0 Å². The van der Waals surface area contributed by atoms with E-state index in [1.54, 1.807) is 0 Å². The number of nitrogens with zero attached hydrogens (tertiary/aromatic N) is 5. The van der Waals surface area contributed by atoms with E-state index in [4.69, 9.17) is 5.10 Å². The van der Waals surface area contributed by atoms with Crippen molar-refractivity contribution in [3.63, 3.8) is 0 Å². The molecule has 1 fully saturated rings. The van der Waals surface area contributed by atoms with Crippen molar-refractivity contribution in [3.05, 3.63) is 42.2 Å². The number of rotatable bonds is 4. The van der Waals surface area contributed by atoms with Crippen molar-refractivity contribution in [3.8, 4) is 11.4 Å². The molecule has 1 aliphatic heterocycles. The zero-order valence-corrected chi connectivity index (χ0v) is 15.3. The molecule has 7 heteroatoms. The van der Waals surface area contributed by atoms with Crippen LogP contribution in [0.2, 0.25) is 0 Å². The third-order valence-corrected chi connectivity index (χ3v) is 5.50. The van der Waals surface area contributed by atoms with Crippen LogP contribution >= 0.6 is 11.9 Å². The molecule has 0 aromatic carbocycles. The summed E-state index contributed by atoms with van der Waals surface area (Å²) in [6.45, 7) is 4.24. The van der Waals surface area contributed by atoms with E-state index >= 15 is 0 Å². The van der Waals surface area contributed by atoms with Crippen molar-refractivity contribution in [1.29, 1.82) is 0 Å². The number of piperidine rings is 1. The summed E-state index contributed by atoms with van der Waals surface area (Å²) in [7, 11) is 0. The van der Waals surface area contributed by atoms with Gasteiger partial charge in [0.15, 0.2) is 0 Å². The standard InChI is InChI=1S/C18H22N6S/c1-13-3-5-16(19-11-13)17-6-4-15-12-20-18(22-24(15)17)21-14-7-9-23(25-2)10-8-14/h3-6,11-12,14H,7-10H2,1-2H3,(H,21,22). The molecule has 4 rings (SSSR count). The Labute approximate surface area is 151 Å². The van der Waals surface area contributed by atoms with Crippen LogP contribution in [0.3, 0.4) is 0 Å². The van der Waals surface area contributed by atoms with E-state index in [9.17, 15) is 0 Å². The molecule has 25 heavy (non-hydrogen) atoms. The molecule has 1 N–H and O–H groups in total. The van der Waals surface area contributed by atoms with Gasteiger partial charge in [-0.2, -0.15) is 0 Å². The average molecular weight is 354 g/mol. The first kappa shape index (κ1) is 16.4. The number of anilines is 1. The van der Waals surface area contributed by atoms with Crippen LogP contribution in [0.25, 0.3) is 16.9 Å². The van der Waals surface area contributed by atoms with Crippen molar-refractivity contribution in [2.24, 2.45) is 0 Å². The summed E-state index contributed by atoms with van der Waals surface area (Å²) in [5, 5.41) is 8.20. The van der Waals surface area contributed by atoms with Gasteiger partial charge in [-0.3, -0.25) is 9.29 Å². The molecule has 3 aromatic rings. The number of hydrogen-bond donors (Lipinski definition) is 1. The maximum Gasteiger partial charge on any atom is 0.241 e. The first-order valence-electron chi connectivity index (χ1n) is 8.56. The predicted octanol–water partition coefficient (Wildman–Crippen LogP) is 3.25. The van der Waals surface area contributed by atoms with Gasteiger partial charge < -0.3 is 5.32 Å². The molecule has 0 spiro atoms. The number of nitrogens with one attached hydrogen (secondary N) is 1. The maximum absolute atomic E-state index is 4.70. The topological polar surface area (TPSA) is 58.3 Å². The number of fused-ring (bicyclic) bond motifs is 1. The summed E-state index contributed by atoms with van der Waals surface area (Å²) in [5.41, 5.74) is 4.03. The lowest BCUT2D eigenvalue weighted by molar-refractivity contribution is 0.358. The minimum Gasteiger partial charge on any atom is -0.350 e. The molecule has 130 valence electrons. The Bertz CT molecular complexity index is 852. The Morgan fingerprint density at radius 3 is 2.64 bits per heavy atom. The molecule has 0 saturated carbocycles. The summed E-state index contributed by atoms with van der Waals surface area (Å²) in [6.07, 6.45) is 8.11. The third-order valence-electron chi connectivity index (χ3n) is 4.62. The summed E-state index contributed by atoms with van der Waals surface area (Å²) >= 11 is 1.82. The molecule has 0 atom stereocenters. The Kier molecular flexibility index (Phi) is 4.59. The summed E-state index contributed by atoms with van der Waals surface area (Å²) < 4.78 is 4.32. The molecule has 0 bridgehead atoms. The first-order valence-corrected chi connectivity index (χ1v) is 9.74. The van der Waals surface area contributed by atoms with E-state index in [0.29, 0.717) is 12.0 Å². The molecule has 1 saturated heterocycles. The van der Waals surface area contributed by atoms with Gasteiger partial charge in [-0.25, -0.2) is 9.50 Å². The summed E-state index contributed by atoms with van der Waals surface area (Å²) in [6, 6.07) is 8.60. The molecule has 4 heterocycles. The second-order valence-corrected chi connectivity index (χ2v) is 7.27. The van der Waals surface area contributed by atoms with E-state index in [0.717, 1.165) is 48.4 Å². The van der Waals surface area contributed by atoms with Gasteiger partial charge in [-0.05, 0) is 49.8 Å². The van der Waals surface area contributed by atoms with Crippen molar-refractivity contribution < 1.29 is 0 Å². The molecule has 0 radical (unpaired) electrons. The summed E-state index contributed by atoms with van der Waals surface area (Å²) in [5.74, 6) is 0.680. The third kappa shape index (κ3) is 3.48. The van der Waals surface area contributed by atoms with Crippen LogP contribution in [-0.4, -0.2) is 49.3 Å². The highest BCUT2D eigenvalue weighted by atomic mass is 32.2. The zero-order valence-electron chi connectivity index (χ0n) is 14.5. The van der Waals surface area contributed by atoms with E-state index in [-0.39, 0.29) is 0 Å². The van der Waals surface area contributed by atoms with Crippen molar-refractivity contribution in [2.45, 2.75) is 25.8 Å². The van der Waals surface area contributed by atoms with Crippen LogP contribution < -0.4 is 5.32 Å². The monoisotopic (exact) mass is 354 g/mol. The largest absolute Gasteiger partial charge is 0.350 e. The maximum atomic E-state index is 4.70. The fourth-order valence-electron chi connectivity index (χ4n) is 3.15. The van der Waals surface area contributed by atoms with Gasteiger partial charge in [-0.1, -0.05) is 18.0 Å². The summed E-state index contributed by atoms with van der Waals surface area (Å²) in [4.78, 5) is 9.00. The second kappa shape index (κ2) is 7.01. The molecule has 6 nitrogen and oxygen atoms in total. The Morgan fingerprint density at radius 2 is 1.92 bits per heavy atom. The first-order chi connectivity index (χ1) is 12.2. The highest BCUT2D eigenvalue weighted by molar-refractivity contribution is 7.96. The van der Waals surface area contributed by atoms with Crippen LogP contribution in [0.4, 0.5) is 5.95 Å². The van der Waals surface area contributed by atoms with E-state index < -0.39 is 0 Å². The van der Waals surface area contributed by atoms with Crippen LogP contribution in [0, 0.1) is 6.92 Å². The SMILES string of the molecule is CSN1CCC(Nc2ncc3ccc(-c4ccc(C)cn4)n3n2)CC1. The van der Waals surface area contributed by atoms with Gasteiger partial charge in [0.25, 0.3) is 0 Å². The highest BCUT2D eigenvalue weighted by Crippen LogP contribution is 2.22. The molecule has 0 aliphatic carbocycles. The van der Waals surface area contributed by atoms with Crippen molar-refractivity contribution >= 4 is 23.4 Å². The molecule has 3 aromatic heterocycles. The van der Waals surface area contributed by atoms with Crippen LogP contribution in [0.15, 0.2) is 36.7 Å². The fourth-order valence-corrected chi connectivity index (χ4v) is 3.72. The normalized spacial score (nSPS) is 16.4. The van der Waals surface area contributed by atoms with Crippen molar-refractivity contribution in [2.75, 3.05) is 24.7 Å². The van der Waals surface area contributed by atoms with Crippen LogP contribution in [0.1, 0.15) is 18.4 Å². The quantitative estimate of drug-likeness (QED) is 0.726. The van der Waals surface area contributed by atoms with E-state index in [1.807, 2.05) is 54.0 Å². The van der Waals surface area contributed by atoms with Crippen LogP contribution in [0.5, 0.6) is 0 Å². The van der Waals surface area contributed by atoms with Gasteiger partial charge in [0.1, 0.15) is 0 Å². The molecular formula is C18H22N6S. The molecule has 0 amide bonds. The average Bonchev–Trinajstić information content (AvgIpc) is 3.06. The van der Waals surface area contributed by atoms with Crippen molar-refractivity contribution in [1.82, 2.24) is 23.9 Å². The van der Waals surface area contributed by atoms with Gasteiger partial charge in [0.2, 0.25) is 5.95 Å². The molecular weight excluding hydrogens is 332 g/mol. The van der Waals surface area contributed by atoms with Crippen LogP contribution in [-0.2, 0) is 0 Å². The lowest BCUT2D eigenvalue weighted by Crippen LogP contribution is -2.35. The fraction of sp³-hybridized carbons (Fsp3) is 0.389. The minimum absolute atomic E-state index is 0.428. The number of hydrogen-bond acceptors (Lipinski definition) is 6. The molecule has 1 aliphatic rings. The second-order valence-electron chi connectivity index (χ2n) is 6.39. The highest BCUT2D eigenvalue weighted by Gasteiger charge is 2.19. The predicted molar refractivity (Wildman–Crippen MR) is 103 cm³/mol. The zero-order chi connectivity index (χ0) is 17.2. The number of pyridine rings is 1. The number of aryl methyl sites for hydroxylation is 1. The van der Waals surface area contributed by atoms with Gasteiger partial charge in [-0.15, -0.1) is 5.10 Å². The number of aromatic nitrogens is 4. The van der Waals surface area contributed by atoms with Gasteiger partial charge >= 0.3 is 0 Å². The van der Waals surface area contributed by atoms with Gasteiger partial charge in [0, 0.05) is 25.3 Å².